The molecule has 1 saturated heterocycles. The van der Waals surface area contributed by atoms with E-state index in [1.54, 1.807) is 7.05 Å². The van der Waals surface area contributed by atoms with Crippen molar-refractivity contribution in [3.05, 3.63) is 40.7 Å². The molecule has 4 rings (SSSR count). The first-order valence-electron chi connectivity index (χ1n) is 10.1. The van der Waals surface area contributed by atoms with Crippen molar-refractivity contribution in [2.45, 2.75) is 32.2 Å². The van der Waals surface area contributed by atoms with Crippen LogP contribution in [0.25, 0.3) is 11.3 Å². The maximum absolute atomic E-state index is 14.1. The summed E-state index contributed by atoms with van der Waals surface area (Å²) in [5.74, 6) is 1.02. The van der Waals surface area contributed by atoms with Gasteiger partial charge in [-0.1, -0.05) is 13.3 Å². The fourth-order valence-electron chi connectivity index (χ4n) is 4.46. The maximum atomic E-state index is 14.1. The molecule has 2 aliphatic rings. The van der Waals surface area contributed by atoms with Crippen molar-refractivity contribution in [2.75, 3.05) is 25.0 Å². The van der Waals surface area contributed by atoms with E-state index in [4.69, 9.17) is 0 Å². The first-order chi connectivity index (χ1) is 13.9. The molecule has 1 aliphatic carbocycles. The zero-order valence-electron chi connectivity index (χ0n) is 17.0. The molecular weight excluding hydrogens is 373 g/mol. The fraction of sp³-hybridized carbons (Fsp3) is 0.524. The van der Waals surface area contributed by atoms with E-state index in [2.05, 4.69) is 16.9 Å². The minimum atomic E-state index is -0.508. The van der Waals surface area contributed by atoms with Crippen molar-refractivity contribution >= 4 is 11.9 Å². The normalized spacial score (nSPS) is 22.5. The van der Waals surface area contributed by atoms with Crippen molar-refractivity contribution in [1.82, 2.24) is 19.4 Å². The second kappa shape index (κ2) is 7.57. The second-order valence-corrected chi connectivity index (χ2v) is 8.03. The van der Waals surface area contributed by atoms with Gasteiger partial charge in [-0.05, 0) is 12.5 Å². The number of hydrogen-bond donors (Lipinski definition) is 0. The first kappa shape index (κ1) is 19.5. The van der Waals surface area contributed by atoms with Gasteiger partial charge in [0.2, 0.25) is 11.9 Å². The number of amides is 1. The van der Waals surface area contributed by atoms with Gasteiger partial charge in [-0.2, -0.15) is 0 Å². The van der Waals surface area contributed by atoms with Crippen LogP contribution in [0, 0.1) is 17.7 Å². The van der Waals surface area contributed by atoms with Gasteiger partial charge in [0.05, 0.1) is 11.9 Å². The minimum absolute atomic E-state index is 0.237. The van der Waals surface area contributed by atoms with Crippen LogP contribution in [0.2, 0.25) is 0 Å². The molecule has 1 saturated carbocycles. The predicted octanol–water partition coefficient (Wildman–Crippen LogP) is 2.06. The average molecular weight is 399 g/mol. The summed E-state index contributed by atoms with van der Waals surface area (Å²) in [5.41, 5.74) is 0.323. The lowest BCUT2D eigenvalue weighted by Gasteiger charge is -2.26. The summed E-state index contributed by atoms with van der Waals surface area (Å²) in [4.78, 5) is 37.1. The van der Waals surface area contributed by atoms with Crippen molar-refractivity contribution in [3.8, 4) is 11.3 Å². The van der Waals surface area contributed by atoms with Gasteiger partial charge in [-0.15, -0.1) is 0 Å². The largest absolute Gasteiger partial charge is 0.342 e. The van der Waals surface area contributed by atoms with Gasteiger partial charge in [-0.3, -0.25) is 19.1 Å². The number of fused-ring (bicyclic) bond motifs is 1. The molecular formula is C21H26FN5O2. The fourth-order valence-corrected chi connectivity index (χ4v) is 4.46. The number of carbonyl (C=O) groups excluding carboxylic acids is 1. The number of piperidine rings is 1. The van der Waals surface area contributed by atoms with E-state index in [0.29, 0.717) is 29.9 Å². The molecule has 29 heavy (non-hydrogen) atoms. The van der Waals surface area contributed by atoms with Gasteiger partial charge in [0.15, 0.2) is 5.82 Å². The van der Waals surface area contributed by atoms with Gasteiger partial charge < -0.3 is 9.80 Å². The van der Waals surface area contributed by atoms with Gasteiger partial charge in [-0.25, -0.2) is 9.37 Å². The summed E-state index contributed by atoms with van der Waals surface area (Å²) in [5, 5.41) is 0. The van der Waals surface area contributed by atoms with Crippen molar-refractivity contribution in [3.63, 3.8) is 0 Å². The molecule has 2 fully saturated rings. The number of pyridine rings is 1. The first-order valence-corrected chi connectivity index (χ1v) is 10.1. The van der Waals surface area contributed by atoms with E-state index < -0.39 is 5.82 Å². The Kier molecular flexibility index (Phi) is 5.10. The number of carbonyl (C=O) groups is 1. The minimum Gasteiger partial charge on any atom is -0.342 e. The van der Waals surface area contributed by atoms with Crippen molar-refractivity contribution < 1.29 is 9.18 Å². The Hall–Kier alpha value is -2.77. The smallest absolute Gasteiger partial charge is 0.255 e. The average Bonchev–Trinajstić information content (AvgIpc) is 3.21. The summed E-state index contributed by atoms with van der Waals surface area (Å²) in [6, 6.07) is 3.10. The van der Waals surface area contributed by atoms with Gasteiger partial charge in [0, 0.05) is 69.3 Å². The van der Waals surface area contributed by atoms with Crippen LogP contribution in [0.15, 0.2) is 29.3 Å². The number of unbranched alkanes of at least 4 members (excludes halogenated alkanes) is 1. The standard InChI is InChI=1S/C21H26FN5O2/c1-4-5-6-18(28)27-11-14-15(12-27)20(14)26(3)21-24-17(9-19(29)25(21)2)13-7-8-23-10-16(13)22/h7-10,14-15,20H,4-6,11-12H2,1-3H3/t14-,15+,20-. The molecule has 2 aromatic heterocycles. The van der Waals surface area contributed by atoms with Gasteiger partial charge in [0.1, 0.15) is 0 Å². The lowest BCUT2D eigenvalue weighted by atomic mass is 10.2. The summed E-state index contributed by atoms with van der Waals surface area (Å²) < 4.78 is 15.6. The summed E-state index contributed by atoms with van der Waals surface area (Å²) in [6.45, 7) is 3.60. The van der Waals surface area contributed by atoms with Gasteiger partial charge in [0.25, 0.3) is 5.56 Å². The van der Waals surface area contributed by atoms with Crippen LogP contribution in [0.4, 0.5) is 10.3 Å². The molecule has 0 bridgehead atoms. The molecule has 154 valence electrons. The number of hydrogen-bond acceptors (Lipinski definition) is 5. The van der Waals surface area contributed by atoms with E-state index in [1.165, 1.54) is 22.9 Å². The van der Waals surface area contributed by atoms with Crippen molar-refractivity contribution in [1.29, 1.82) is 0 Å². The Morgan fingerprint density at radius 3 is 2.72 bits per heavy atom. The van der Waals surface area contributed by atoms with Crippen LogP contribution >= 0.6 is 0 Å². The third-order valence-corrected chi connectivity index (χ3v) is 6.17. The number of likely N-dealkylation sites (tertiary alicyclic amines) is 1. The zero-order chi connectivity index (χ0) is 20.7. The topological polar surface area (TPSA) is 71.3 Å². The van der Waals surface area contributed by atoms with E-state index in [9.17, 15) is 14.0 Å². The van der Waals surface area contributed by atoms with Crippen LogP contribution < -0.4 is 10.5 Å². The van der Waals surface area contributed by atoms with E-state index >= 15 is 0 Å². The molecule has 3 atom stereocenters. The third kappa shape index (κ3) is 3.52. The van der Waals surface area contributed by atoms with Crippen LogP contribution in [0.5, 0.6) is 0 Å². The number of aromatic nitrogens is 3. The number of anilines is 1. The molecule has 0 aromatic carbocycles. The Morgan fingerprint density at radius 1 is 1.34 bits per heavy atom. The number of halogens is 1. The molecule has 0 N–H and O–H groups in total. The lowest BCUT2D eigenvalue weighted by Crippen LogP contribution is -2.38. The highest BCUT2D eigenvalue weighted by Gasteiger charge is 2.59. The highest BCUT2D eigenvalue weighted by molar-refractivity contribution is 5.77. The lowest BCUT2D eigenvalue weighted by molar-refractivity contribution is -0.130. The molecule has 2 aromatic rings. The molecule has 0 spiro atoms. The predicted molar refractivity (Wildman–Crippen MR) is 108 cm³/mol. The summed E-state index contributed by atoms with van der Waals surface area (Å²) >= 11 is 0. The van der Waals surface area contributed by atoms with E-state index in [1.807, 2.05) is 16.8 Å². The molecule has 0 unspecified atom stereocenters. The van der Waals surface area contributed by atoms with Crippen LogP contribution in [0.3, 0.4) is 0 Å². The van der Waals surface area contributed by atoms with Gasteiger partial charge >= 0.3 is 0 Å². The Bertz CT molecular complexity index is 979. The highest BCUT2D eigenvalue weighted by Crippen LogP contribution is 2.49. The van der Waals surface area contributed by atoms with Crippen LogP contribution in [-0.4, -0.2) is 51.5 Å². The summed E-state index contributed by atoms with van der Waals surface area (Å²) in [7, 11) is 3.59. The van der Waals surface area contributed by atoms with E-state index in [-0.39, 0.29) is 23.1 Å². The van der Waals surface area contributed by atoms with Crippen LogP contribution in [-0.2, 0) is 11.8 Å². The quantitative estimate of drug-likeness (QED) is 0.744. The molecule has 3 heterocycles. The SMILES string of the molecule is CCCCC(=O)N1C[C@@H]2[C@H](C1)[C@@H]2N(C)c1nc(-c2ccncc2F)cc(=O)n1C. The van der Waals surface area contributed by atoms with Crippen molar-refractivity contribution in [2.24, 2.45) is 18.9 Å². The monoisotopic (exact) mass is 399 g/mol. The Labute approximate surface area is 169 Å². The molecule has 0 radical (unpaired) electrons. The third-order valence-electron chi connectivity index (χ3n) is 6.17. The molecule has 8 heteroatoms. The second-order valence-electron chi connectivity index (χ2n) is 8.03. The van der Waals surface area contributed by atoms with Crippen LogP contribution in [0.1, 0.15) is 26.2 Å². The van der Waals surface area contributed by atoms with E-state index in [0.717, 1.165) is 32.1 Å². The number of rotatable bonds is 6. The summed E-state index contributed by atoms with van der Waals surface area (Å²) in [6.07, 6.45) is 5.17. The Balaban J connectivity index is 1.53. The molecule has 1 aliphatic heterocycles. The number of nitrogens with zero attached hydrogens (tertiary/aromatic N) is 5. The maximum Gasteiger partial charge on any atom is 0.255 e. The molecule has 7 nitrogen and oxygen atoms in total. The highest BCUT2D eigenvalue weighted by atomic mass is 19.1. The zero-order valence-corrected chi connectivity index (χ0v) is 17.0. The Morgan fingerprint density at radius 2 is 2.07 bits per heavy atom. The molecule has 1 amide bonds.